The number of aromatic nitrogens is 2. The molecule has 1 aromatic carbocycles. The standard InChI is InChI=1S/C23H31N3O6S/c1-16(2)26-10-8-21(9-11-26)32-23-17(3)22(24-15-25-23)31-20-6-4-18(5-7-20)12-19-13-29-33(27,28)30-14-19/h4-7,15-16,19,21H,8-14H2,1-3H3. The molecular weight excluding hydrogens is 446 g/mol. The van der Waals surface area contributed by atoms with Gasteiger partial charge in [0.15, 0.2) is 0 Å². The van der Waals surface area contributed by atoms with Gasteiger partial charge >= 0.3 is 10.4 Å². The second-order valence-electron chi connectivity index (χ2n) is 8.85. The van der Waals surface area contributed by atoms with Gasteiger partial charge in [-0.25, -0.2) is 18.3 Å². The summed E-state index contributed by atoms with van der Waals surface area (Å²) in [6.45, 7) is 8.64. The first-order valence-electron chi connectivity index (χ1n) is 11.3. The molecule has 4 rings (SSSR count). The minimum atomic E-state index is -3.82. The van der Waals surface area contributed by atoms with Crippen molar-refractivity contribution >= 4 is 10.4 Å². The molecule has 0 saturated carbocycles. The molecule has 2 saturated heterocycles. The third-order valence-corrected chi connectivity index (χ3v) is 6.88. The molecule has 0 unspecified atom stereocenters. The van der Waals surface area contributed by atoms with Gasteiger partial charge in [-0.3, -0.25) is 0 Å². The summed E-state index contributed by atoms with van der Waals surface area (Å²) < 4.78 is 44.0. The van der Waals surface area contributed by atoms with Crippen LogP contribution in [0.25, 0.3) is 0 Å². The summed E-state index contributed by atoms with van der Waals surface area (Å²) in [7, 11) is -3.82. The van der Waals surface area contributed by atoms with Gasteiger partial charge in [0.1, 0.15) is 18.2 Å². The average molecular weight is 478 g/mol. The van der Waals surface area contributed by atoms with E-state index in [1.165, 1.54) is 6.33 Å². The number of hydrogen-bond acceptors (Lipinski definition) is 9. The predicted molar refractivity (Wildman–Crippen MR) is 122 cm³/mol. The maximum atomic E-state index is 11.2. The summed E-state index contributed by atoms with van der Waals surface area (Å²) in [4.78, 5) is 11.1. The van der Waals surface area contributed by atoms with E-state index in [-0.39, 0.29) is 25.2 Å². The molecule has 0 amide bonds. The zero-order valence-electron chi connectivity index (χ0n) is 19.3. The van der Waals surface area contributed by atoms with Crippen molar-refractivity contribution in [3.05, 3.63) is 41.7 Å². The van der Waals surface area contributed by atoms with Crippen LogP contribution in [0.15, 0.2) is 30.6 Å². The number of likely N-dealkylation sites (tertiary alicyclic amines) is 1. The van der Waals surface area contributed by atoms with Crippen molar-refractivity contribution in [2.75, 3.05) is 26.3 Å². The molecule has 9 nitrogen and oxygen atoms in total. The fraction of sp³-hybridized carbons (Fsp3) is 0.565. The van der Waals surface area contributed by atoms with Crippen LogP contribution in [0.4, 0.5) is 0 Å². The molecule has 0 spiro atoms. The Morgan fingerprint density at radius 2 is 1.70 bits per heavy atom. The monoisotopic (exact) mass is 477 g/mol. The van der Waals surface area contributed by atoms with E-state index >= 15 is 0 Å². The number of hydrogen-bond donors (Lipinski definition) is 0. The Kier molecular flexibility index (Phi) is 7.48. The highest BCUT2D eigenvalue weighted by Gasteiger charge is 2.26. The maximum absolute atomic E-state index is 11.2. The molecule has 0 aliphatic carbocycles. The zero-order valence-corrected chi connectivity index (χ0v) is 20.1. The van der Waals surface area contributed by atoms with E-state index in [1.54, 1.807) is 0 Å². The number of ether oxygens (including phenoxy) is 2. The minimum absolute atomic E-state index is 0.0171. The third-order valence-electron chi connectivity index (χ3n) is 6.04. The smallest absolute Gasteiger partial charge is 0.399 e. The van der Waals surface area contributed by atoms with Crippen molar-refractivity contribution in [1.29, 1.82) is 0 Å². The SMILES string of the molecule is Cc1c(Oc2ccc(CC3COS(=O)(=O)OC3)cc2)ncnc1OC1CCN(C(C)C)CC1. The third kappa shape index (κ3) is 6.41. The molecule has 2 fully saturated rings. The van der Waals surface area contributed by atoms with Crippen LogP contribution in [-0.2, 0) is 25.2 Å². The molecule has 3 heterocycles. The number of rotatable bonds is 7. The van der Waals surface area contributed by atoms with Gasteiger partial charge in [0, 0.05) is 25.0 Å². The Morgan fingerprint density at radius 1 is 1.06 bits per heavy atom. The van der Waals surface area contributed by atoms with Crippen molar-refractivity contribution in [2.24, 2.45) is 5.92 Å². The van der Waals surface area contributed by atoms with E-state index < -0.39 is 10.4 Å². The highest BCUT2D eigenvalue weighted by atomic mass is 32.3. The highest BCUT2D eigenvalue weighted by molar-refractivity contribution is 7.81. The average Bonchev–Trinajstić information content (AvgIpc) is 2.79. The number of benzene rings is 1. The lowest BCUT2D eigenvalue weighted by Crippen LogP contribution is -2.41. The van der Waals surface area contributed by atoms with Gasteiger partial charge in [-0.2, -0.15) is 8.42 Å². The summed E-state index contributed by atoms with van der Waals surface area (Å²) in [6.07, 6.45) is 4.20. The highest BCUT2D eigenvalue weighted by Crippen LogP contribution is 2.29. The van der Waals surface area contributed by atoms with Crippen molar-refractivity contribution in [1.82, 2.24) is 14.9 Å². The van der Waals surface area contributed by atoms with E-state index in [4.69, 9.17) is 17.8 Å². The molecule has 0 bridgehead atoms. The van der Waals surface area contributed by atoms with Crippen molar-refractivity contribution < 1.29 is 26.3 Å². The summed E-state index contributed by atoms with van der Waals surface area (Å²) in [5, 5.41) is 0. The molecule has 33 heavy (non-hydrogen) atoms. The summed E-state index contributed by atoms with van der Waals surface area (Å²) in [5.41, 5.74) is 1.81. The molecule has 1 aromatic heterocycles. The molecule has 2 aromatic rings. The van der Waals surface area contributed by atoms with Crippen molar-refractivity contribution in [3.8, 4) is 17.5 Å². The van der Waals surface area contributed by atoms with E-state index in [0.29, 0.717) is 30.0 Å². The van der Waals surface area contributed by atoms with Crippen LogP contribution < -0.4 is 9.47 Å². The minimum Gasteiger partial charge on any atom is -0.474 e. The molecule has 2 aliphatic heterocycles. The first kappa shape index (κ1) is 23.9. The number of piperidine rings is 1. The van der Waals surface area contributed by atoms with Gasteiger partial charge in [-0.1, -0.05) is 12.1 Å². The molecule has 0 radical (unpaired) electrons. The van der Waals surface area contributed by atoms with E-state index in [1.807, 2.05) is 31.2 Å². The van der Waals surface area contributed by atoms with Gasteiger partial charge < -0.3 is 14.4 Å². The van der Waals surface area contributed by atoms with Crippen LogP contribution >= 0.6 is 0 Å². The Balaban J connectivity index is 1.33. The van der Waals surface area contributed by atoms with Gasteiger partial charge in [0.05, 0.1) is 18.8 Å². The quantitative estimate of drug-likeness (QED) is 0.595. The summed E-state index contributed by atoms with van der Waals surface area (Å²) >= 11 is 0. The van der Waals surface area contributed by atoms with Crippen LogP contribution in [0, 0.1) is 12.8 Å². The lowest BCUT2D eigenvalue weighted by Gasteiger charge is -2.34. The van der Waals surface area contributed by atoms with Crippen LogP contribution in [-0.4, -0.2) is 61.7 Å². The van der Waals surface area contributed by atoms with Gasteiger partial charge in [0.2, 0.25) is 11.8 Å². The van der Waals surface area contributed by atoms with Crippen LogP contribution in [0.1, 0.15) is 37.8 Å². The maximum Gasteiger partial charge on any atom is 0.399 e. The fourth-order valence-electron chi connectivity index (χ4n) is 4.01. The second kappa shape index (κ2) is 10.3. The van der Waals surface area contributed by atoms with E-state index in [0.717, 1.165) is 37.1 Å². The van der Waals surface area contributed by atoms with Crippen LogP contribution in [0.5, 0.6) is 17.5 Å². The van der Waals surface area contributed by atoms with Crippen molar-refractivity contribution in [3.63, 3.8) is 0 Å². The first-order chi connectivity index (χ1) is 15.8. The topological polar surface area (TPSA) is 100 Å². The zero-order chi connectivity index (χ0) is 23.4. The number of nitrogens with zero attached hydrogens (tertiary/aromatic N) is 3. The van der Waals surface area contributed by atoms with Gasteiger partial charge in [-0.05, 0) is 57.7 Å². The Bertz CT molecular complexity index is 1020. The van der Waals surface area contributed by atoms with E-state index in [2.05, 4.69) is 28.7 Å². The summed E-state index contributed by atoms with van der Waals surface area (Å²) in [6, 6.07) is 8.16. The predicted octanol–water partition coefficient (Wildman–Crippen LogP) is 3.28. The largest absolute Gasteiger partial charge is 0.474 e. The fourth-order valence-corrected chi connectivity index (χ4v) is 4.79. The van der Waals surface area contributed by atoms with Gasteiger partial charge in [0.25, 0.3) is 0 Å². The molecule has 10 heteroatoms. The molecule has 2 aliphatic rings. The molecule has 180 valence electrons. The summed E-state index contributed by atoms with van der Waals surface area (Å²) in [5.74, 6) is 1.66. The van der Waals surface area contributed by atoms with Gasteiger partial charge in [-0.15, -0.1) is 0 Å². The lowest BCUT2D eigenvalue weighted by molar-refractivity contribution is 0.0804. The Hall–Kier alpha value is -2.27. The molecular formula is C23H31N3O6S. The molecule has 0 N–H and O–H groups in total. The Labute approximate surface area is 195 Å². The normalized spacial score (nSPS) is 20.1. The first-order valence-corrected chi connectivity index (χ1v) is 12.7. The molecule has 0 atom stereocenters. The van der Waals surface area contributed by atoms with E-state index in [9.17, 15) is 8.42 Å². The van der Waals surface area contributed by atoms with Crippen molar-refractivity contribution in [2.45, 2.75) is 52.2 Å². The lowest BCUT2D eigenvalue weighted by atomic mass is 10.0. The Morgan fingerprint density at radius 3 is 2.33 bits per heavy atom. The van der Waals surface area contributed by atoms with Crippen LogP contribution in [0.3, 0.4) is 0 Å². The second-order valence-corrected chi connectivity index (χ2v) is 10.1. The van der Waals surface area contributed by atoms with Crippen LogP contribution in [0.2, 0.25) is 0 Å².